The van der Waals surface area contributed by atoms with E-state index >= 15 is 0 Å². The fourth-order valence-corrected chi connectivity index (χ4v) is 6.15. The van der Waals surface area contributed by atoms with Crippen LogP contribution in [0.2, 0.25) is 0 Å². The molecule has 34 heavy (non-hydrogen) atoms. The van der Waals surface area contributed by atoms with E-state index in [4.69, 9.17) is 4.74 Å². The Hall–Kier alpha value is -3.68. The molecule has 0 unspecified atom stereocenters. The van der Waals surface area contributed by atoms with E-state index in [9.17, 15) is 18.8 Å². The summed E-state index contributed by atoms with van der Waals surface area (Å²) in [5, 5.41) is 3.21. The molecule has 9 heteroatoms. The van der Waals surface area contributed by atoms with Gasteiger partial charge in [0.15, 0.2) is 0 Å². The molecule has 0 saturated carbocycles. The number of H-pyrrole nitrogens is 1. The molecular weight excluding hydrogens is 504 g/mol. The maximum atomic E-state index is 13.4. The number of halogens is 1. The van der Waals surface area contributed by atoms with Crippen LogP contribution < -0.4 is 10.9 Å². The molecule has 3 heterocycles. The van der Waals surface area contributed by atoms with Crippen LogP contribution in [0.25, 0.3) is 21.3 Å². The van der Waals surface area contributed by atoms with E-state index in [2.05, 4.69) is 10.3 Å². The maximum absolute atomic E-state index is 13.4. The molecule has 172 valence electrons. The van der Waals surface area contributed by atoms with Gasteiger partial charge in [-0.3, -0.25) is 0 Å². The SMILES string of the molecule is Cc1[nH]c(/C=C2\C(=O)Nc3ccccc32)c(C)c1C(=O)OCCn1[se]c2ccc(F)cc2c1=O. The molecule has 0 aliphatic carbocycles. The van der Waals surface area contributed by atoms with Gasteiger partial charge in [-0.05, 0) is 6.07 Å². The number of carbonyl (C=O) groups is 2. The second-order valence-corrected chi connectivity index (χ2v) is 10.2. The first-order valence-electron chi connectivity index (χ1n) is 10.6. The number of rotatable bonds is 5. The van der Waals surface area contributed by atoms with Gasteiger partial charge in [-0.1, -0.05) is 12.1 Å². The number of aromatic amines is 1. The zero-order valence-electron chi connectivity index (χ0n) is 18.4. The van der Waals surface area contributed by atoms with Crippen molar-refractivity contribution in [3.05, 3.63) is 86.7 Å². The summed E-state index contributed by atoms with van der Waals surface area (Å²) in [4.78, 5) is 40.9. The molecule has 1 amide bonds. The third-order valence-electron chi connectivity index (χ3n) is 5.81. The number of aryl methyl sites for hydroxylation is 1. The van der Waals surface area contributed by atoms with Gasteiger partial charge in [0, 0.05) is 0 Å². The second kappa shape index (κ2) is 8.59. The Morgan fingerprint density at radius 2 is 1.97 bits per heavy atom. The fraction of sp³-hybridized carbons (Fsp3) is 0.160. The molecule has 0 radical (unpaired) electrons. The Balaban J connectivity index is 1.33. The number of nitrogens with one attached hydrogen (secondary N) is 2. The number of para-hydroxylation sites is 1. The molecule has 4 aromatic rings. The summed E-state index contributed by atoms with van der Waals surface area (Å²) in [7, 11) is 0. The third kappa shape index (κ3) is 3.83. The Morgan fingerprint density at radius 3 is 2.79 bits per heavy atom. The quantitative estimate of drug-likeness (QED) is 0.238. The van der Waals surface area contributed by atoms with Crippen molar-refractivity contribution in [3.63, 3.8) is 0 Å². The van der Waals surface area contributed by atoms with Crippen molar-refractivity contribution >= 4 is 53.6 Å². The number of hydrogen-bond acceptors (Lipinski definition) is 4. The molecule has 0 fully saturated rings. The second-order valence-electron chi connectivity index (χ2n) is 8.00. The van der Waals surface area contributed by atoms with E-state index in [0.29, 0.717) is 33.5 Å². The summed E-state index contributed by atoms with van der Waals surface area (Å²) < 4.78 is 21.3. The molecule has 2 aromatic carbocycles. The number of ether oxygens (including phenoxy) is 1. The number of carbonyl (C=O) groups excluding carboxylic acids is 2. The summed E-state index contributed by atoms with van der Waals surface area (Å²) in [6.45, 7) is 3.83. The zero-order valence-corrected chi connectivity index (χ0v) is 20.1. The van der Waals surface area contributed by atoms with Gasteiger partial charge in [0.25, 0.3) is 0 Å². The van der Waals surface area contributed by atoms with E-state index in [-0.39, 0.29) is 39.4 Å². The van der Waals surface area contributed by atoms with Crippen LogP contribution in [0.15, 0.2) is 47.3 Å². The predicted octanol–water partition coefficient (Wildman–Crippen LogP) is 3.49. The molecule has 5 rings (SSSR count). The van der Waals surface area contributed by atoms with Crippen molar-refractivity contribution in [2.24, 2.45) is 0 Å². The van der Waals surface area contributed by atoms with Crippen molar-refractivity contribution < 1.29 is 18.7 Å². The number of aromatic nitrogens is 2. The van der Waals surface area contributed by atoms with Crippen LogP contribution in [0.4, 0.5) is 10.1 Å². The number of amides is 1. The van der Waals surface area contributed by atoms with Gasteiger partial charge in [0.1, 0.15) is 0 Å². The Kier molecular flexibility index (Phi) is 5.59. The minimum atomic E-state index is -0.505. The predicted molar refractivity (Wildman–Crippen MR) is 129 cm³/mol. The molecule has 0 spiro atoms. The molecule has 2 N–H and O–H groups in total. The van der Waals surface area contributed by atoms with E-state index in [1.54, 1.807) is 29.6 Å². The molecule has 0 saturated heterocycles. The van der Waals surface area contributed by atoms with Crippen LogP contribution >= 0.6 is 0 Å². The van der Waals surface area contributed by atoms with Crippen LogP contribution in [0, 0.1) is 19.7 Å². The van der Waals surface area contributed by atoms with Gasteiger partial charge in [-0.2, -0.15) is 0 Å². The summed E-state index contributed by atoms with van der Waals surface area (Å²) in [5.41, 5.74) is 4.20. The molecule has 7 nitrogen and oxygen atoms in total. The first-order valence-corrected chi connectivity index (χ1v) is 12.2. The fourth-order valence-electron chi connectivity index (χ4n) is 4.14. The van der Waals surface area contributed by atoms with Crippen molar-refractivity contribution in [1.29, 1.82) is 0 Å². The van der Waals surface area contributed by atoms with Crippen LogP contribution in [0.1, 0.15) is 32.9 Å². The number of esters is 1. The van der Waals surface area contributed by atoms with Gasteiger partial charge >= 0.3 is 182 Å². The molecule has 1 aliphatic rings. The van der Waals surface area contributed by atoms with Crippen molar-refractivity contribution in [3.8, 4) is 0 Å². The van der Waals surface area contributed by atoms with Gasteiger partial charge in [-0.25, -0.2) is 0 Å². The Bertz CT molecular complexity index is 1560. The molecule has 0 bridgehead atoms. The summed E-state index contributed by atoms with van der Waals surface area (Å²) in [5.74, 6) is -1.15. The monoisotopic (exact) mass is 525 g/mol. The van der Waals surface area contributed by atoms with Gasteiger partial charge in [0.05, 0.1) is 0 Å². The average Bonchev–Trinajstić information content (AvgIpc) is 3.39. The summed E-state index contributed by atoms with van der Waals surface area (Å²) in [6, 6.07) is 11.6. The standard InChI is InChI=1S/C25H20FN3O4Se/c1-13-20(12-17-16-5-3-4-6-19(16)28-23(17)30)27-14(2)22(13)25(32)33-10-9-29-24(31)18-11-15(26)7-8-21(18)34-29/h3-8,11-12,27H,9-10H2,1-2H3,(H,28,30)/b17-12-. The topological polar surface area (TPSA) is 93.2 Å². The normalized spacial score (nSPS) is 14.0. The van der Waals surface area contributed by atoms with Gasteiger partial charge < -0.3 is 0 Å². The van der Waals surface area contributed by atoms with Crippen LogP contribution in [-0.4, -0.2) is 41.8 Å². The number of fused-ring (bicyclic) bond motifs is 2. The van der Waals surface area contributed by atoms with Crippen LogP contribution in [0.3, 0.4) is 0 Å². The van der Waals surface area contributed by atoms with Crippen LogP contribution in [-0.2, 0) is 16.1 Å². The number of nitrogens with zero attached hydrogens (tertiary/aromatic N) is 1. The van der Waals surface area contributed by atoms with E-state index in [1.165, 1.54) is 12.1 Å². The van der Waals surface area contributed by atoms with Crippen molar-refractivity contribution in [2.75, 3.05) is 11.9 Å². The third-order valence-corrected chi connectivity index (χ3v) is 8.17. The number of benzene rings is 2. The molecule has 2 aromatic heterocycles. The molecule has 1 aliphatic heterocycles. The number of hydrogen-bond donors (Lipinski definition) is 2. The summed E-state index contributed by atoms with van der Waals surface area (Å²) in [6.07, 6.45) is 1.74. The minimum absolute atomic E-state index is 0.0268. The van der Waals surface area contributed by atoms with Crippen molar-refractivity contribution in [2.45, 2.75) is 20.4 Å². The Morgan fingerprint density at radius 1 is 1.18 bits per heavy atom. The van der Waals surface area contributed by atoms with E-state index in [1.807, 2.05) is 24.3 Å². The summed E-state index contributed by atoms with van der Waals surface area (Å²) >= 11 is -0.274. The van der Waals surface area contributed by atoms with E-state index < -0.39 is 11.8 Å². The van der Waals surface area contributed by atoms with Gasteiger partial charge in [-0.15, -0.1) is 0 Å². The average molecular weight is 524 g/mol. The molecule has 0 atom stereocenters. The zero-order chi connectivity index (χ0) is 24.0. The molecular formula is C25H20FN3O4Se. The van der Waals surface area contributed by atoms with Gasteiger partial charge in [0.2, 0.25) is 0 Å². The first kappa shape index (κ1) is 22.1. The Labute approximate surface area is 199 Å². The number of anilines is 1. The van der Waals surface area contributed by atoms with Crippen LogP contribution in [0.5, 0.6) is 0 Å². The van der Waals surface area contributed by atoms with E-state index in [0.717, 1.165) is 15.5 Å². The van der Waals surface area contributed by atoms with Crippen molar-refractivity contribution in [1.82, 2.24) is 8.55 Å². The first-order chi connectivity index (χ1) is 16.3.